The lowest BCUT2D eigenvalue weighted by Gasteiger charge is -2.26. The maximum absolute atomic E-state index is 16.0. The Morgan fingerprint density at radius 3 is 2.35 bits per heavy atom. The number of carboxylic acids is 1. The van der Waals surface area contributed by atoms with Gasteiger partial charge in [0.2, 0.25) is 5.91 Å². The van der Waals surface area contributed by atoms with Gasteiger partial charge in [0.05, 0.1) is 18.0 Å². The van der Waals surface area contributed by atoms with E-state index in [1.54, 1.807) is 38.1 Å². The molecule has 1 aliphatic carbocycles. The highest BCUT2D eigenvalue weighted by Crippen LogP contribution is 2.43. The first kappa shape index (κ1) is 36.3. The van der Waals surface area contributed by atoms with Crippen molar-refractivity contribution in [3.05, 3.63) is 91.6 Å². The van der Waals surface area contributed by atoms with Crippen LogP contribution in [0, 0.1) is 19.7 Å². The molecule has 11 heteroatoms. The van der Waals surface area contributed by atoms with E-state index in [4.69, 9.17) is 0 Å². The van der Waals surface area contributed by atoms with Gasteiger partial charge >= 0.3 is 12.1 Å². The summed E-state index contributed by atoms with van der Waals surface area (Å²) in [6, 6.07) is 5.78. The number of benzene rings is 2. The van der Waals surface area contributed by atoms with Crippen LogP contribution in [0.3, 0.4) is 0 Å². The molecule has 0 saturated heterocycles. The maximum atomic E-state index is 16.0. The first-order chi connectivity index (χ1) is 23.1. The molecule has 2 aromatic carbocycles. The zero-order valence-corrected chi connectivity index (χ0v) is 28.6. The number of pyridine rings is 1. The van der Waals surface area contributed by atoms with Gasteiger partial charge < -0.3 is 19.9 Å². The van der Waals surface area contributed by atoms with E-state index in [1.807, 2.05) is 6.92 Å². The van der Waals surface area contributed by atoms with E-state index in [2.05, 4.69) is 17.4 Å². The van der Waals surface area contributed by atoms with Gasteiger partial charge in [-0.15, -0.1) is 0 Å². The second-order valence-electron chi connectivity index (χ2n) is 14.0. The molecule has 0 unspecified atom stereocenters. The number of fused-ring (bicyclic) bond motifs is 4. The van der Waals surface area contributed by atoms with Gasteiger partial charge in [0.15, 0.2) is 0 Å². The lowest BCUT2D eigenvalue weighted by molar-refractivity contribution is -0.139. The van der Waals surface area contributed by atoms with Crippen LogP contribution in [-0.2, 0) is 28.6 Å². The maximum Gasteiger partial charge on any atom is 0.416 e. The molecular formula is C38H45F4N3O4. The number of nitrogens with one attached hydrogen (secondary N) is 1. The third-order valence-electron chi connectivity index (χ3n) is 9.74. The molecule has 264 valence electrons. The molecular weight excluding hydrogens is 638 g/mol. The molecule has 2 N–H and O–H groups in total. The topological polar surface area (TPSA) is 91.6 Å². The number of likely N-dealkylation sites (N-methyl/N-ethyl adjacent to an activating group) is 1. The molecule has 5 rings (SSSR count). The van der Waals surface area contributed by atoms with Crippen molar-refractivity contribution in [1.29, 1.82) is 0 Å². The Kier molecular flexibility index (Phi) is 11.0. The van der Waals surface area contributed by atoms with Crippen LogP contribution in [0.1, 0.15) is 108 Å². The average Bonchev–Trinajstić information content (AvgIpc) is 3.86. The number of carbonyl (C=O) groups excluding carboxylic acids is 1. The van der Waals surface area contributed by atoms with Gasteiger partial charge in [0, 0.05) is 24.4 Å². The second kappa shape index (κ2) is 14.9. The zero-order chi connectivity index (χ0) is 35.6. The summed E-state index contributed by atoms with van der Waals surface area (Å²) < 4.78 is 59.0. The van der Waals surface area contributed by atoms with Gasteiger partial charge in [-0.1, -0.05) is 31.4 Å². The Morgan fingerprint density at radius 2 is 1.69 bits per heavy atom. The summed E-state index contributed by atoms with van der Waals surface area (Å²) in [5.74, 6) is -2.14. The van der Waals surface area contributed by atoms with E-state index < -0.39 is 53.5 Å². The number of aromatic nitrogens is 1. The number of aliphatic carboxylic acids is 1. The van der Waals surface area contributed by atoms with Gasteiger partial charge in [-0.2, -0.15) is 13.2 Å². The van der Waals surface area contributed by atoms with Crippen molar-refractivity contribution in [2.75, 3.05) is 20.6 Å². The highest BCUT2D eigenvalue weighted by Gasteiger charge is 2.36. The van der Waals surface area contributed by atoms with Gasteiger partial charge in [-0.25, -0.2) is 4.39 Å². The fourth-order valence-corrected chi connectivity index (χ4v) is 7.07. The summed E-state index contributed by atoms with van der Waals surface area (Å²) in [6.07, 6.45) is 1.77. The third-order valence-corrected chi connectivity index (χ3v) is 9.74. The number of amides is 1. The van der Waals surface area contributed by atoms with Gasteiger partial charge in [-0.3, -0.25) is 14.4 Å². The fraction of sp³-hybridized carbons (Fsp3) is 0.500. The van der Waals surface area contributed by atoms with E-state index in [-0.39, 0.29) is 30.5 Å². The predicted molar refractivity (Wildman–Crippen MR) is 180 cm³/mol. The minimum atomic E-state index is -4.77. The summed E-state index contributed by atoms with van der Waals surface area (Å²) >= 11 is 0. The van der Waals surface area contributed by atoms with Crippen molar-refractivity contribution in [3.63, 3.8) is 0 Å². The summed E-state index contributed by atoms with van der Waals surface area (Å²) in [4.78, 5) is 41.2. The van der Waals surface area contributed by atoms with Crippen LogP contribution in [-0.4, -0.2) is 47.1 Å². The molecule has 1 saturated carbocycles. The van der Waals surface area contributed by atoms with Crippen molar-refractivity contribution in [1.82, 2.24) is 14.8 Å². The summed E-state index contributed by atoms with van der Waals surface area (Å²) in [5, 5.41) is 12.6. The van der Waals surface area contributed by atoms with Gasteiger partial charge in [0.1, 0.15) is 11.9 Å². The molecule has 7 nitrogen and oxygen atoms in total. The van der Waals surface area contributed by atoms with E-state index in [9.17, 15) is 32.7 Å². The van der Waals surface area contributed by atoms with Crippen LogP contribution in [0.15, 0.2) is 41.3 Å². The first-order valence-electron chi connectivity index (χ1n) is 17.1. The van der Waals surface area contributed by atoms with Crippen molar-refractivity contribution in [3.8, 4) is 11.1 Å². The average molecular weight is 684 g/mol. The minimum absolute atomic E-state index is 0.00225. The van der Waals surface area contributed by atoms with Crippen LogP contribution in [0.2, 0.25) is 0 Å². The Hall–Kier alpha value is -3.99. The van der Waals surface area contributed by atoms with E-state index in [1.165, 1.54) is 5.56 Å². The van der Waals surface area contributed by atoms with Gasteiger partial charge in [0.25, 0.3) is 5.56 Å². The summed E-state index contributed by atoms with van der Waals surface area (Å²) in [7, 11) is 3.45. The van der Waals surface area contributed by atoms with Gasteiger partial charge in [-0.05, 0) is 123 Å². The molecule has 3 aromatic rings. The second-order valence-corrected chi connectivity index (χ2v) is 14.0. The van der Waals surface area contributed by atoms with Crippen molar-refractivity contribution in [2.24, 2.45) is 0 Å². The third kappa shape index (κ3) is 8.60. The predicted octanol–water partition coefficient (Wildman–Crippen LogP) is 7.65. The Labute approximate surface area is 284 Å². The molecule has 2 aliphatic rings. The number of alkyl halides is 3. The van der Waals surface area contributed by atoms with E-state index >= 15 is 4.39 Å². The van der Waals surface area contributed by atoms with E-state index in [0.717, 1.165) is 65.1 Å². The number of carboxylic acid groups (broad SMARTS) is 1. The number of rotatable bonds is 7. The van der Waals surface area contributed by atoms with Crippen LogP contribution >= 0.6 is 0 Å². The van der Waals surface area contributed by atoms with Crippen LogP contribution in [0.5, 0.6) is 0 Å². The van der Waals surface area contributed by atoms with Crippen molar-refractivity contribution in [2.45, 2.75) is 102 Å². The fourth-order valence-electron chi connectivity index (χ4n) is 7.07. The molecule has 1 amide bonds. The number of carbonyl (C=O) groups is 2. The molecule has 2 heterocycles. The molecule has 2 bridgehead atoms. The number of hydrogen-bond donors (Lipinski definition) is 2. The molecule has 49 heavy (non-hydrogen) atoms. The lowest BCUT2D eigenvalue weighted by Crippen LogP contribution is -2.40. The summed E-state index contributed by atoms with van der Waals surface area (Å²) in [5.41, 5.74) is 3.31. The molecule has 1 fully saturated rings. The van der Waals surface area contributed by atoms with Crippen LogP contribution in [0.25, 0.3) is 11.1 Å². The highest BCUT2D eigenvalue weighted by atomic mass is 19.4. The highest BCUT2D eigenvalue weighted by molar-refractivity contribution is 5.82. The monoisotopic (exact) mass is 683 g/mol. The quantitative estimate of drug-likeness (QED) is 0.250. The summed E-state index contributed by atoms with van der Waals surface area (Å²) in [6.45, 7) is 3.91. The molecule has 2 atom stereocenters. The Morgan fingerprint density at radius 1 is 0.980 bits per heavy atom. The smallest absolute Gasteiger partial charge is 0.416 e. The lowest BCUT2D eigenvalue weighted by atomic mass is 9.86. The number of halogens is 4. The molecule has 0 radical (unpaired) electrons. The largest absolute Gasteiger partial charge is 0.481 e. The van der Waals surface area contributed by atoms with Crippen molar-refractivity contribution < 1.29 is 32.3 Å². The SMILES string of the molecule is Cc1cc2cc(c1F)[C@H](CC(=O)O)NC(=O)[C@@H](n1cc(CCN(C)C)c(C(F)(F)F)cc1=O)CCCCCCc1cc(C3CC3)cc(C)c1-2. The van der Waals surface area contributed by atoms with E-state index in [0.29, 0.717) is 30.4 Å². The Bertz CT molecular complexity index is 1780. The van der Waals surface area contributed by atoms with Crippen LogP contribution in [0.4, 0.5) is 17.6 Å². The molecule has 1 aliphatic heterocycles. The minimum Gasteiger partial charge on any atom is -0.481 e. The number of hydrogen-bond acceptors (Lipinski definition) is 4. The standard InChI is InChI=1S/C38H45F4N3O4/c1-22-15-27(24-11-12-24)17-25-9-7-5-6-8-10-32(45-21-26(13-14-44(3)4)30(19-33(45)46)38(40,41)42)37(49)43-31(20-34(47)48)29-18-28(35(22)25)16-23(2)36(29)39/h15-19,21,24,31-32H,5-14,20H2,1-4H3,(H,43,49)(H,47,48)/t31-,32-/m0/s1. The van der Waals surface area contributed by atoms with Crippen LogP contribution < -0.4 is 10.9 Å². The zero-order valence-electron chi connectivity index (χ0n) is 28.6. The van der Waals surface area contributed by atoms with Crippen molar-refractivity contribution >= 4 is 11.9 Å². The Balaban J connectivity index is 1.61. The normalized spacial score (nSPS) is 19.2. The number of aryl methyl sites for hydroxylation is 3. The molecule has 0 spiro atoms. The first-order valence-corrected chi connectivity index (χ1v) is 17.1. The number of nitrogens with zero attached hydrogens (tertiary/aromatic N) is 2. The molecule has 1 aromatic heterocycles.